The van der Waals surface area contributed by atoms with Crippen molar-refractivity contribution >= 4 is 38.4 Å². The summed E-state index contributed by atoms with van der Waals surface area (Å²) in [5.41, 5.74) is 2.84. The summed E-state index contributed by atoms with van der Waals surface area (Å²) in [6.45, 7) is 0. The van der Waals surface area contributed by atoms with Gasteiger partial charge in [0.2, 0.25) is 0 Å². The van der Waals surface area contributed by atoms with Crippen LogP contribution in [0.1, 0.15) is 11.1 Å². The van der Waals surface area contributed by atoms with Gasteiger partial charge in [-0.1, -0.05) is 146 Å². The molecular formula is C33H26. The summed E-state index contributed by atoms with van der Waals surface area (Å²) in [4.78, 5) is 0. The van der Waals surface area contributed by atoms with Crippen molar-refractivity contribution in [2.45, 2.75) is 6.42 Å². The molecule has 0 nitrogen and oxygen atoms in total. The van der Waals surface area contributed by atoms with Crippen molar-refractivity contribution in [1.82, 2.24) is 0 Å². The van der Waals surface area contributed by atoms with Gasteiger partial charge in [0, 0.05) is 0 Å². The molecule has 1 aliphatic carbocycles. The van der Waals surface area contributed by atoms with Crippen LogP contribution in [0.5, 0.6) is 0 Å². The maximum absolute atomic E-state index is 2.20. The zero-order chi connectivity index (χ0) is 22.3. The lowest BCUT2D eigenvalue weighted by atomic mass is 10.0. The van der Waals surface area contributed by atoms with E-state index in [0.717, 1.165) is 6.42 Å². The molecule has 1 aliphatic rings. The smallest absolute Gasteiger partial charge is 0.00882 e. The Morgan fingerprint density at radius 1 is 0.364 bits per heavy atom. The van der Waals surface area contributed by atoms with E-state index in [1.807, 2.05) is 0 Å². The summed E-state index contributed by atoms with van der Waals surface area (Å²) >= 11 is 0. The van der Waals surface area contributed by atoms with Crippen LogP contribution < -0.4 is 0 Å². The largest absolute Gasteiger partial charge is 0.0795 e. The second kappa shape index (κ2) is 9.97. The molecule has 0 aromatic heterocycles. The molecule has 0 heteroatoms. The third-order valence-corrected chi connectivity index (χ3v) is 6.00. The molecule has 0 amide bonds. The van der Waals surface area contributed by atoms with E-state index in [1.165, 1.54) is 43.4 Å². The van der Waals surface area contributed by atoms with Gasteiger partial charge in [0.25, 0.3) is 0 Å². The lowest BCUT2D eigenvalue weighted by molar-refractivity contribution is 1.31. The average molecular weight is 423 g/mol. The van der Waals surface area contributed by atoms with Gasteiger partial charge in [0.15, 0.2) is 0 Å². The molecule has 0 spiro atoms. The fraction of sp³-hybridized carbons (Fsp3) is 0.0303. The maximum Gasteiger partial charge on any atom is -0.00882 e. The molecule has 158 valence electrons. The van der Waals surface area contributed by atoms with E-state index >= 15 is 0 Å². The standard InChI is InChI=1S/C14H10.C10H8.C9H8/c1-3-7-13-11(5-1)9-10-12-6-2-4-8-14(12)13;1-2-6-10-8-4-3-7-9(10)5-1;1-2-5-9-7-3-6-8(9)4-1/h1-10H;1-8H;1-6H,7H2. The van der Waals surface area contributed by atoms with Gasteiger partial charge in [0.05, 0.1) is 0 Å². The molecule has 0 saturated carbocycles. The van der Waals surface area contributed by atoms with E-state index in [-0.39, 0.29) is 0 Å². The van der Waals surface area contributed by atoms with Crippen molar-refractivity contribution in [3.63, 3.8) is 0 Å². The Hall–Kier alpha value is -4.16. The Balaban J connectivity index is 0.000000107. The minimum absolute atomic E-state index is 1.12. The van der Waals surface area contributed by atoms with E-state index in [0.29, 0.717) is 0 Å². The Morgan fingerprint density at radius 2 is 0.788 bits per heavy atom. The van der Waals surface area contributed by atoms with Gasteiger partial charge in [-0.15, -0.1) is 0 Å². The predicted molar refractivity (Wildman–Crippen MR) is 145 cm³/mol. The van der Waals surface area contributed by atoms with E-state index in [1.54, 1.807) is 0 Å². The van der Waals surface area contributed by atoms with E-state index in [9.17, 15) is 0 Å². The Morgan fingerprint density at radius 3 is 1.30 bits per heavy atom. The highest BCUT2D eigenvalue weighted by molar-refractivity contribution is 6.07. The molecular weight excluding hydrogens is 396 g/mol. The summed E-state index contributed by atoms with van der Waals surface area (Å²) in [6.07, 6.45) is 5.50. The lowest BCUT2D eigenvalue weighted by Gasteiger charge is -2.02. The molecule has 0 radical (unpaired) electrons. The van der Waals surface area contributed by atoms with Gasteiger partial charge in [-0.3, -0.25) is 0 Å². The number of benzene rings is 6. The van der Waals surface area contributed by atoms with Crippen LogP contribution in [-0.4, -0.2) is 0 Å². The zero-order valence-electron chi connectivity index (χ0n) is 18.6. The van der Waals surface area contributed by atoms with Crippen molar-refractivity contribution in [3.8, 4) is 0 Å². The molecule has 0 fully saturated rings. The number of hydrogen-bond acceptors (Lipinski definition) is 0. The number of hydrogen-bond donors (Lipinski definition) is 0. The third kappa shape index (κ3) is 4.86. The van der Waals surface area contributed by atoms with Crippen LogP contribution in [-0.2, 0) is 6.42 Å². The highest BCUT2D eigenvalue weighted by Crippen LogP contribution is 2.24. The number of fused-ring (bicyclic) bond motifs is 5. The normalized spacial score (nSPS) is 11.4. The predicted octanol–water partition coefficient (Wildman–Crippen LogP) is 9.09. The van der Waals surface area contributed by atoms with Gasteiger partial charge < -0.3 is 0 Å². The molecule has 0 heterocycles. The minimum Gasteiger partial charge on any atom is -0.0795 e. The van der Waals surface area contributed by atoms with Crippen LogP contribution in [0.4, 0.5) is 0 Å². The zero-order valence-corrected chi connectivity index (χ0v) is 18.6. The molecule has 33 heavy (non-hydrogen) atoms. The molecule has 6 aromatic rings. The topological polar surface area (TPSA) is 0 Å². The van der Waals surface area contributed by atoms with Crippen LogP contribution in [0.25, 0.3) is 38.4 Å². The molecule has 0 unspecified atom stereocenters. The minimum atomic E-state index is 1.12. The number of rotatable bonds is 0. The first-order chi connectivity index (χ1) is 16.4. The maximum atomic E-state index is 2.20. The summed E-state index contributed by atoms with van der Waals surface area (Å²) in [5.74, 6) is 0. The van der Waals surface area contributed by atoms with Gasteiger partial charge in [-0.25, -0.2) is 0 Å². The quantitative estimate of drug-likeness (QED) is 0.214. The van der Waals surface area contributed by atoms with Crippen molar-refractivity contribution in [1.29, 1.82) is 0 Å². The number of allylic oxidation sites excluding steroid dienone is 1. The molecule has 0 aliphatic heterocycles. The van der Waals surface area contributed by atoms with E-state index < -0.39 is 0 Å². The molecule has 0 atom stereocenters. The van der Waals surface area contributed by atoms with E-state index in [2.05, 4.69) is 146 Å². The van der Waals surface area contributed by atoms with Crippen LogP contribution in [0.15, 0.2) is 140 Å². The van der Waals surface area contributed by atoms with Crippen molar-refractivity contribution < 1.29 is 0 Å². The highest BCUT2D eigenvalue weighted by Gasteiger charge is 2.00. The summed E-state index contributed by atoms with van der Waals surface area (Å²) < 4.78 is 0. The molecule has 0 saturated heterocycles. The summed E-state index contributed by atoms with van der Waals surface area (Å²) in [6, 6.07) is 46.6. The lowest BCUT2D eigenvalue weighted by Crippen LogP contribution is -1.76. The van der Waals surface area contributed by atoms with Crippen LogP contribution >= 0.6 is 0 Å². The second-order valence-electron chi connectivity index (χ2n) is 8.16. The summed E-state index contributed by atoms with van der Waals surface area (Å²) in [5, 5.41) is 7.92. The van der Waals surface area contributed by atoms with Gasteiger partial charge in [-0.2, -0.15) is 0 Å². The molecule has 7 rings (SSSR count). The van der Waals surface area contributed by atoms with Gasteiger partial charge in [-0.05, 0) is 49.9 Å². The highest BCUT2D eigenvalue weighted by atomic mass is 14.1. The second-order valence-corrected chi connectivity index (χ2v) is 8.16. The Bertz CT molecular complexity index is 1420. The molecule has 0 bridgehead atoms. The Kier molecular flexibility index (Phi) is 6.26. The van der Waals surface area contributed by atoms with Crippen LogP contribution in [0.3, 0.4) is 0 Å². The van der Waals surface area contributed by atoms with Crippen molar-refractivity contribution in [3.05, 3.63) is 151 Å². The average Bonchev–Trinajstić information content (AvgIpc) is 3.39. The molecule has 0 N–H and O–H groups in total. The first-order valence-corrected chi connectivity index (χ1v) is 11.4. The Labute approximate surface area is 195 Å². The first kappa shape index (κ1) is 20.7. The SMILES string of the molecule is C1=Cc2ccccc2C1.c1ccc2c(c1)ccc1ccccc12.c1ccc2ccccc2c1. The van der Waals surface area contributed by atoms with Crippen molar-refractivity contribution in [2.75, 3.05) is 0 Å². The first-order valence-electron chi connectivity index (χ1n) is 11.4. The van der Waals surface area contributed by atoms with Crippen LogP contribution in [0, 0.1) is 0 Å². The third-order valence-electron chi connectivity index (χ3n) is 6.00. The van der Waals surface area contributed by atoms with E-state index in [4.69, 9.17) is 0 Å². The van der Waals surface area contributed by atoms with Gasteiger partial charge in [0.1, 0.15) is 0 Å². The van der Waals surface area contributed by atoms with Gasteiger partial charge >= 0.3 is 0 Å². The van der Waals surface area contributed by atoms with Crippen molar-refractivity contribution in [2.24, 2.45) is 0 Å². The van der Waals surface area contributed by atoms with Crippen LogP contribution in [0.2, 0.25) is 0 Å². The monoisotopic (exact) mass is 422 g/mol. The fourth-order valence-electron chi connectivity index (χ4n) is 4.28. The fourth-order valence-corrected chi connectivity index (χ4v) is 4.28. The molecule has 6 aromatic carbocycles. The summed E-state index contributed by atoms with van der Waals surface area (Å²) in [7, 11) is 0.